The normalized spacial score (nSPS) is 11.6. The van der Waals surface area contributed by atoms with Crippen LogP contribution in [0.15, 0.2) is 16.3 Å². The summed E-state index contributed by atoms with van der Waals surface area (Å²) in [6.45, 7) is 4.16. The van der Waals surface area contributed by atoms with Crippen molar-refractivity contribution in [1.82, 2.24) is 4.31 Å². The van der Waals surface area contributed by atoms with E-state index in [-0.39, 0.29) is 6.54 Å². The Labute approximate surface area is 94.8 Å². The molecule has 0 amide bonds. The fraction of sp³-hybridized carbons (Fsp3) is 0.400. The summed E-state index contributed by atoms with van der Waals surface area (Å²) in [4.78, 5) is 0.977. The largest absolute Gasteiger partial charge is 0.253 e. The van der Waals surface area contributed by atoms with Gasteiger partial charge in [-0.05, 0) is 19.1 Å². The van der Waals surface area contributed by atoms with E-state index >= 15 is 0 Å². The first-order chi connectivity index (χ1) is 7.02. The Balaban J connectivity index is 3.07. The molecule has 0 radical (unpaired) electrons. The van der Waals surface area contributed by atoms with Gasteiger partial charge in [-0.2, -0.15) is 4.31 Å². The summed E-state index contributed by atoms with van der Waals surface area (Å²) in [7, 11) is -3.38. The molecule has 0 spiro atoms. The molecule has 0 saturated heterocycles. The molecule has 0 aromatic carbocycles. The molecule has 0 saturated carbocycles. The van der Waals surface area contributed by atoms with E-state index in [4.69, 9.17) is 6.42 Å². The van der Waals surface area contributed by atoms with Gasteiger partial charge in [0, 0.05) is 11.4 Å². The number of sulfonamides is 1. The highest BCUT2D eigenvalue weighted by Crippen LogP contribution is 2.23. The van der Waals surface area contributed by atoms with Crippen LogP contribution in [0.1, 0.15) is 11.8 Å². The zero-order valence-electron chi connectivity index (χ0n) is 8.73. The van der Waals surface area contributed by atoms with E-state index in [1.165, 1.54) is 15.6 Å². The molecular weight excluding hydrogens is 230 g/mol. The highest BCUT2D eigenvalue weighted by atomic mass is 32.2. The summed E-state index contributed by atoms with van der Waals surface area (Å²) in [6.07, 6.45) is 5.13. The van der Waals surface area contributed by atoms with Gasteiger partial charge in [0.25, 0.3) is 10.0 Å². The molecule has 0 atom stereocenters. The third kappa shape index (κ3) is 2.59. The number of rotatable bonds is 4. The molecule has 82 valence electrons. The van der Waals surface area contributed by atoms with Crippen molar-refractivity contribution in [2.45, 2.75) is 18.1 Å². The smallest absolute Gasteiger partial charge is 0.206 e. The zero-order chi connectivity index (χ0) is 11.5. The molecule has 1 rings (SSSR count). The van der Waals surface area contributed by atoms with Gasteiger partial charge in [-0.25, -0.2) is 8.42 Å². The lowest BCUT2D eigenvalue weighted by Gasteiger charge is -2.16. The molecule has 0 N–H and O–H groups in total. The molecule has 0 aliphatic rings. The maximum Gasteiger partial charge on any atom is 0.253 e. The minimum atomic E-state index is -3.38. The number of nitrogens with zero attached hydrogens (tertiary/aromatic N) is 1. The highest BCUT2D eigenvalue weighted by Gasteiger charge is 2.23. The third-order valence-electron chi connectivity index (χ3n) is 1.93. The Bertz CT molecular complexity index is 468. The first kappa shape index (κ1) is 12.2. The summed E-state index contributed by atoms with van der Waals surface area (Å²) in [5.74, 6) is 2.35. The SMILES string of the molecule is C#CCN(CC)S(=O)(=O)c1ccc(C)s1. The fourth-order valence-corrected chi connectivity index (χ4v) is 3.95. The van der Waals surface area contributed by atoms with Crippen molar-refractivity contribution in [1.29, 1.82) is 0 Å². The van der Waals surface area contributed by atoms with Gasteiger partial charge < -0.3 is 0 Å². The monoisotopic (exact) mass is 243 g/mol. The van der Waals surface area contributed by atoms with E-state index in [2.05, 4.69) is 5.92 Å². The van der Waals surface area contributed by atoms with Gasteiger partial charge >= 0.3 is 0 Å². The average molecular weight is 243 g/mol. The van der Waals surface area contributed by atoms with E-state index in [0.29, 0.717) is 10.8 Å². The molecule has 1 aromatic rings. The standard InChI is InChI=1S/C10H13NO2S2/c1-4-8-11(5-2)15(12,13)10-7-6-9(3)14-10/h1,6-7H,5,8H2,2-3H3. The Kier molecular flexibility index (Phi) is 3.91. The lowest BCUT2D eigenvalue weighted by Crippen LogP contribution is -2.30. The first-order valence-electron chi connectivity index (χ1n) is 4.52. The van der Waals surface area contributed by atoms with Crippen LogP contribution in [-0.4, -0.2) is 25.8 Å². The average Bonchev–Trinajstić information content (AvgIpc) is 2.61. The second-order valence-electron chi connectivity index (χ2n) is 3.00. The van der Waals surface area contributed by atoms with Crippen molar-refractivity contribution in [2.24, 2.45) is 0 Å². The molecule has 3 nitrogen and oxygen atoms in total. The topological polar surface area (TPSA) is 37.4 Å². The van der Waals surface area contributed by atoms with Crippen LogP contribution in [0.2, 0.25) is 0 Å². The lowest BCUT2D eigenvalue weighted by molar-refractivity contribution is 0.466. The van der Waals surface area contributed by atoms with E-state index in [9.17, 15) is 8.42 Å². The quantitative estimate of drug-likeness (QED) is 0.755. The maximum absolute atomic E-state index is 12.0. The van der Waals surface area contributed by atoms with Gasteiger partial charge in [0.2, 0.25) is 0 Å². The summed E-state index contributed by atoms with van der Waals surface area (Å²) < 4.78 is 25.7. The lowest BCUT2D eigenvalue weighted by atomic mass is 10.5. The molecule has 1 heterocycles. The number of terminal acetylenes is 1. The summed E-state index contributed by atoms with van der Waals surface area (Å²) in [5.41, 5.74) is 0. The van der Waals surface area contributed by atoms with Crippen LogP contribution >= 0.6 is 11.3 Å². The van der Waals surface area contributed by atoms with Gasteiger partial charge in [-0.3, -0.25) is 0 Å². The molecule has 0 aliphatic carbocycles. The predicted molar refractivity (Wildman–Crippen MR) is 62.3 cm³/mol. The maximum atomic E-state index is 12.0. The minimum absolute atomic E-state index is 0.121. The van der Waals surface area contributed by atoms with E-state index in [1.54, 1.807) is 19.1 Å². The summed E-state index contributed by atoms with van der Waals surface area (Å²) in [6, 6.07) is 3.41. The van der Waals surface area contributed by atoms with Crippen molar-refractivity contribution in [3.05, 3.63) is 17.0 Å². The molecule has 0 fully saturated rings. The van der Waals surface area contributed by atoms with Crippen LogP contribution in [-0.2, 0) is 10.0 Å². The number of aryl methyl sites for hydroxylation is 1. The highest BCUT2D eigenvalue weighted by molar-refractivity contribution is 7.91. The second-order valence-corrected chi connectivity index (χ2v) is 6.45. The molecule has 5 heteroatoms. The molecule has 0 unspecified atom stereocenters. The van der Waals surface area contributed by atoms with E-state index < -0.39 is 10.0 Å². The number of hydrogen-bond donors (Lipinski definition) is 0. The second kappa shape index (κ2) is 4.79. The molecule has 0 aliphatic heterocycles. The van der Waals surface area contributed by atoms with Crippen LogP contribution < -0.4 is 0 Å². The molecule has 0 bridgehead atoms. The molecular formula is C10H13NO2S2. The number of hydrogen-bond acceptors (Lipinski definition) is 3. The van der Waals surface area contributed by atoms with Crippen molar-refractivity contribution in [3.8, 4) is 12.3 Å². The Morgan fingerprint density at radius 2 is 2.20 bits per heavy atom. The van der Waals surface area contributed by atoms with Gasteiger partial charge in [-0.1, -0.05) is 12.8 Å². The van der Waals surface area contributed by atoms with Crippen molar-refractivity contribution >= 4 is 21.4 Å². The van der Waals surface area contributed by atoms with E-state index in [1.807, 2.05) is 6.92 Å². The van der Waals surface area contributed by atoms with Gasteiger partial charge in [-0.15, -0.1) is 17.8 Å². The van der Waals surface area contributed by atoms with E-state index in [0.717, 1.165) is 4.88 Å². The van der Waals surface area contributed by atoms with Crippen LogP contribution in [0.5, 0.6) is 0 Å². The van der Waals surface area contributed by atoms with Gasteiger partial charge in [0.15, 0.2) is 0 Å². The first-order valence-corrected chi connectivity index (χ1v) is 6.78. The van der Waals surface area contributed by atoms with Crippen LogP contribution in [0, 0.1) is 19.3 Å². The van der Waals surface area contributed by atoms with Gasteiger partial charge in [0.05, 0.1) is 6.54 Å². The minimum Gasteiger partial charge on any atom is -0.206 e. The Morgan fingerprint density at radius 3 is 2.60 bits per heavy atom. The van der Waals surface area contributed by atoms with Crippen molar-refractivity contribution in [2.75, 3.05) is 13.1 Å². The van der Waals surface area contributed by atoms with Crippen molar-refractivity contribution < 1.29 is 8.42 Å². The Hall–Kier alpha value is -0.830. The molecule has 15 heavy (non-hydrogen) atoms. The van der Waals surface area contributed by atoms with Crippen LogP contribution in [0.4, 0.5) is 0 Å². The Morgan fingerprint density at radius 1 is 1.53 bits per heavy atom. The summed E-state index contributed by atoms with van der Waals surface area (Å²) in [5, 5.41) is 0. The summed E-state index contributed by atoms with van der Waals surface area (Å²) >= 11 is 1.27. The van der Waals surface area contributed by atoms with Crippen LogP contribution in [0.25, 0.3) is 0 Å². The molecule has 1 aromatic heterocycles. The third-order valence-corrected chi connectivity index (χ3v) is 5.32. The number of thiophene rings is 1. The van der Waals surface area contributed by atoms with Crippen molar-refractivity contribution in [3.63, 3.8) is 0 Å². The zero-order valence-corrected chi connectivity index (χ0v) is 10.4. The van der Waals surface area contributed by atoms with Crippen LogP contribution in [0.3, 0.4) is 0 Å². The predicted octanol–water partition coefficient (Wildman–Crippen LogP) is 1.70. The van der Waals surface area contributed by atoms with Gasteiger partial charge in [0.1, 0.15) is 4.21 Å². The fourth-order valence-electron chi connectivity index (χ4n) is 1.15.